The predicted molar refractivity (Wildman–Crippen MR) is 107 cm³/mol. The van der Waals surface area contributed by atoms with Gasteiger partial charge < -0.3 is 15.1 Å². The first-order chi connectivity index (χ1) is 13.9. The first-order valence-electron chi connectivity index (χ1n) is 10.8. The summed E-state index contributed by atoms with van der Waals surface area (Å²) in [6, 6.07) is 5.77. The fourth-order valence-electron chi connectivity index (χ4n) is 4.54. The fourth-order valence-corrected chi connectivity index (χ4v) is 4.54. The highest BCUT2D eigenvalue weighted by atomic mass is 19.4. The van der Waals surface area contributed by atoms with Gasteiger partial charge in [0.15, 0.2) is 0 Å². The van der Waals surface area contributed by atoms with Gasteiger partial charge in [-0.15, -0.1) is 0 Å². The average molecular weight is 412 g/mol. The molecule has 0 spiro atoms. The summed E-state index contributed by atoms with van der Waals surface area (Å²) in [4.78, 5) is 17.6. The molecular weight excluding hydrogens is 379 g/mol. The number of hydrogen-bond donors (Lipinski definition) is 1. The minimum atomic E-state index is -4.36. The molecule has 1 amide bonds. The summed E-state index contributed by atoms with van der Waals surface area (Å²) in [6.45, 7) is 7.72. The Balaban J connectivity index is 1.41. The van der Waals surface area contributed by atoms with Crippen LogP contribution in [-0.2, 0) is 17.5 Å². The smallest absolute Gasteiger partial charge is 0.352 e. The second-order valence-electron chi connectivity index (χ2n) is 8.30. The molecule has 0 radical (unpaired) electrons. The van der Waals surface area contributed by atoms with Crippen LogP contribution < -0.4 is 5.32 Å². The molecule has 2 fully saturated rings. The van der Waals surface area contributed by atoms with Crippen molar-refractivity contribution in [3.05, 3.63) is 35.4 Å². The van der Waals surface area contributed by atoms with Crippen LogP contribution in [0, 0.1) is 5.92 Å². The zero-order chi connectivity index (χ0) is 20.9. The van der Waals surface area contributed by atoms with E-state index < -0.39 is 11.7 Å². The van der Waals surface area contributed by atoms with Crippen molar-refractivity contribution >= 4 is 5.91 Å². The number of amides is 1. The molecule has 0 saturated carbocycles. The molecule has 0 aliphatic carbocycles. The van der Waals surface area contributed by atoms with E-state index in [1.54, 1.807) is 6.07 Å². The van der Waals surface area contributed by atoms with Crippen molar-refractivity contribution in [3.8, 4) is 0 Å². The van der Waals surface area contributed by atoms with Crippen molar-refractivity contribution in [1.29, 1.82) is 0 Å². The normalized spacial score (nSPS) is 20.7. The van der Waals surface area contributed by atoms with E-state index in [0.29, 0.717) is 11.6 Å². The number of benzene rings is 1. The van der Waals surface area contributed by atoms with Crippen LogP contribution in [0.1, 0.15) is 50.2 Å². The van der Waals surface area contributed by atoms with Gasteiger partial charge in [0.2, 0.25) is 5.91 Å². The summed E-state index contributed by atoms with van der Waals surface area (Å²) in [5.74, 6) is -0.0861. The number of likely N-dealkylation sites (tertiary alicyclic amines) is 2. The molecule has 1 aromatic rings. The van der Waals surface area contributed by atoms with E-state index in [0.717, 1.165) is 51.2 Å². The Labute approximate surface area is 171 Å². The third-order valence-electron chi connectivity index (χ3n) is 6.23. The molecule has 2 aliphatic heterocycles. The Hall–Kier alpha value is -1.60. The van der Waals surface area contributed by atoms with E-state index >= 15 is 0 Å². The van der Waals surface area contributed by atoms with Crippen molar-refractivity contribution in [1.82, 2.24) is 15.1 Å². The molecule has 2 aliphatic rings. The standard InChI is InChI=1S/C22H32F3N3O/c1-2-10-27-11-8-20(9-12-27)28-13-6-18(7-14-28)21(29)26-16-17-4-3-5-19(15-17)22(23,24)25/h3-5,15,18,20H,2,6-14,16H2,1H3,(H,26,29). The van der Waals surface area contributed by atoms with Crippen LogP contribution in [-0.4, -0.2) is 54.5 Å². The van der Waals surface area contributed by atoms with Gasteiger partial charge in [-0.2, -0.15) is 13.2 Å². The van der Waals surface area contributed by atoms with Crippen LogP contribution in [0.15, 0.2) is 24.3 Å². The van der Waals surface area contributed by atoms with Crippen molar-refractivity contribution in [2.24, 2.45) is 5.92 Å². The number of carbonyl (C=O) groups is 1. The number of halogens is 3. The predicted octanol–water partition coefficient (Wildman–Crippen LogP) is 3.91. The first-order valence-corrected chi connectivity index (χ1v) is 10.8. The van der Waals surface area contributed by atoms with Crippen LogP contribution in [0.3, 0.4) is 0 Å². The third-order valence-corrected chi connectivity index (χ3v) is 6.23. The molecular formula is C22H32F3N3O. The summed E-state index contributed by atoms with van der Waals surface area (Å²) in [6.07, 6.45) is 0.886. The maximum absolute atomic E-state index is 12.8. The number of hydrogen-bond acceptors (Lipinski definition) is 3. The fraction of sp³-hybridized carbons (Fsp3) is 0.682. The molecule has 0 atom stereocenters. The van der Waals surface area contributed by atoms with Crippen LogP contribution >= 0.6 is 0 Å². The Bertz CT molecular complexity index is 664. The van der Waals surface area contributed by atoms with Crippen molar-refractivity contribution in [3.63, 3.8) is 0 Å². The van der Waals surface area contributed by atoms with E-state index in [2.05, 4.69) is 22.0 Å². The molecule has 0 aromatic heterocycles. The van der Waals surface area contributed by atoms with Gasteiger partial charge in [-0.1, -0.05) is 19.1 Å². The van der Waals surface area contributed by atoms with Crippen molar-refractivity contribution < 1.29 is 18.0 Å². The highest BCUT2D eigenvalue weighted by Crippen LogP contribution is 2.29. The molecule has 1 aromatic carbocycles. The number of alkyl halides is 3. The summed E-state index contributed by atoms with van der Waals surface area (Å²) in [5.41, 5.74) is -0.202. The summed E-state index contributed by atoms with van der Waals surface area (Å²) >= 11 is 0. The molecule has 7 heteroatoms. The van der Waals surface area contributed by atoms with Gasteiger partial charge in [-0.3, -0.25) is 4.79 Å². The number of nitrogens with zero attached hydrogens (tertiary/aromatic N) is 2. The molecule has 162 valence electrons. The quantitative estimate of drug-likeness (QED) is 0.771. The Morgan fingerprint density at radius 1 is 1.10 bits per heavy atom. The Morgan fingerprint density at radius 3 is 2.41 bits per heavy atom. The van der Waals surface area contributed by atoms with Crippen molar-refractivity contribution in [2.45, 2.75) is 57.8 Å². The van der Waals surface area contributed by atoms with Crippen LogP contribution in [0.2, 0.25) is 0 Å². The lowest BCUT2D eigenvalue weighted by Gasteiger charge is -2.41. The van der Waals surface area contributed by atoms with Gasteiger partial charge in [-0.05, 0) is 82.5 Å². The van der Waals surface area contributed by atoms with Gasteiger partial charge in [0, 0.05) is 18.5 Å². The van der Waals surface area contributed by atoms with E-state index in [9.17, 15) is 18.0 Å². The van der Waals surface area contributed by atoms with Crippen molar-refractivity contribution in [2.75, 3.05) is 32.7 Å². The second kappa shape index (κ2) is 9.94. The molecule has 2 saturated heterocycles. The molecule has 2 heterocycles. The largest absolute Gasteiger partial charge is 0.416 e. The maximum Gasteiger partial charge on any atom is 0.416 e. The highest BCUT2D eigenvalue weighted by Gasteiger charge is 2.31. The Kier molecular flexibility index (Phi) is 7.57. The summed E-state index contributed by atoms with van der Waals surface area (Å²) < 4.78 is 38.4. The van der Waals surface area contributed by atoms with Gasteiger partial charge in [-0.25, -0.2) is 0 Å². The summed E-state index contributed by atoms with van der Waals surface area (Å²) in [7, 11) is 0. The zero-order valence-corrected chi connectivity index (χ0v) is 17.2. The lowest BCUT2D eigenvalue weighted by Crippen LogP contribution is -2.49. The number of rotatable bonds is 6. The van der Waals surface area contributed by atoms with Gasteiger partial charge in [0.25, 0.3) is 0 Å². The monoisotopic (exact) mass is 411 g/mol. The molecule has 3 rings (SSSR count). The van der Waals surface area contributed by atoms with Gasteiger partial charge in [0.05, 0.1) is 5.56 Å². The maximum atomic E-state index is 12.8. The topological polar surface area (TPSA) is 35.6 Å². The molecule has 4 nitrogen and oxygen atoms in total. The minimum Gasteiger partial charge on any atom is -0.352 e. The lowest BCUT2D eigenvalue weighted by atomic mass is 9.92. The highest BCUT2D eigenvalue weighted by molar-refractivity contribution is 5.78. The second-order valence-corrected chi connectivity index (χ2v) is 8.30. The SMILES string of the molecule is CCCN1CCC(N2CCC(C(=O)NCc3cccc(C(F)(F)F)c3)CC2)CC1. The molecule has 29 heavy (non-hydrogen) atoms. The number of piperidine rings is 2. The van der Waals surface area contributed by atoms with Crippen LogP contribution in [0.5, 0.6) is 0 Å². The minimum absolute atomic E-state index is 0.0418. The average Bonchev–Trinajstić information content (AvgIpc) is 2.72. The molecule has 1 N–H and O–H groups in total. The van der Waals surface area contributed by atoms with E-state index in [1.807, 2.05) is 0 Å². The number of nitrogens with one attached hydrogen (secondary N) is 1. The Morgan fingerprint density at radius 2 is 1.79 bits per heavy atom. The zero-order valence-electron chi connectivity index (χ0n) is 17.2. The van der Waals surface area contributed by atoms with E-state index in [1.165, 1.54) is 31.9 Å². The molecule has 0 bridgehead atoms. The van der Waals surface area contributed by atoms with Gasteiger partial charge >= 0.3 is 6.18 Å². The lowest BCUT2D eigenvalue weighted by molar-refractivity contribution is -0.137. The summed E-state index contributed by atoms with van der Waals surface area (Å²) in [5, 5.41) is 2.83. The van der Waals surface area contributed by atoms with E-state index in [4.69, 9.17) is 0 Å². The first kappa shape index (κ1) is 22.1. The third kappa shape index (κ3) is 6.19. The van der Waals surface area contributed by atoms with Crippen LogP contribution in [0.4, 0.5) is 13.2 Å². The number of carbonyl (C=O) groups excluding carboxylic acids is 1. The van der Waals surface area contributed by atoms with Crippen LogP contribution in [0.25, 0.3) is 0 Å². The van der Waals surface area contributed by atoms with E-state index in [-0.39, 0.29) is 18.4 Å². The van der Waals surface area contributed by atoms with Gasteiger partial charge in [0.1, 0.15) is 0 Å². The molecule has 0 unspecified atom stereocenters.